The van der Waals surface area contributed by atoms with E-state index in [1.807, 2.05) is 44.2 Å². The van der Waals surface area contributed by atoms with Gasteiger partial charge in [0.2, 0.25) is 0 Å². The zero-order chi connectivity index (χ0) is 18.9. The van der Waals surface area contributed by atoms with Crippen LogP contribution in [0.15, 0.2) is 30.3 Å². The Morgan fingerprint density at radius 2 is 1.76 bits per heavy atom. The predicted octanol–water partition coefficient (Wildman–Crippen LogP) is 3.85. The molecule has 0 aliphatic carbocycles. The maximum atomic E-state index is 12.0. The van der Waals surface area contributed by atoms with Crippen molar-refractivity contribution in [1.82, 2.24) is 10.6 Å². The van der Waals surface area contributed by atoms with Gasteiger partial charge in [0.25, 0.3) is 0 Å². The summed E-state index contributed by atoms with van der Waals surface area (Å²) < 4.78 is 10.5. The number of hydrogen-bond donors (Lipinski definition) is 2. The molecule has 1 aromatic rings. The van der Waals surface area contributed by atoms with E-state index >= 15 is 0 Å². The third-order valence-electron chi connectivity index (χ3n) is 3.71. The minimum Gasteiger partial charge on any atom is -0.445 e. The van der Waals surface area contributed by atoms with Crippen LogP contribution in [0.1, 0.15) is 46.6 Å². The van der Waals surface area contributed by atoms with Crippen molar-refractivity contribution in [2.24, 2.45) is 5.92 Å². The van der Waals surface area contributed by atoms with Gasteiger partial charge in [-0.15, -0.1) is 0 Å². The molecule has 140 valence electrons. The van der Waals surface area contributed by atoms with Gasteiger partial charge in [-0.2, -0.15) is 0 Å². The molecule has 2 atom stereocenters. The minimum atomic E-state index is -0.558. The summed E-state index contributed by atoms with van der Waals surface area (Å²) >= 11 is 0. The highest BCUT2D eigenvalue weighted by atomic mass is 16.6. The second kappa shape index (κ2) is 9.91. The van der Waals surface area contributed by atoms with Crippen molar-refractivity contribution >= 4 is 12.2 Å². The molecule has 2 unspecified atom stereocenters. The van der Waals surface area contributed by atoms with Gasteiger partial charge in [0, 0.05) is 6.54 Å². The lowest BCUT2D eigenvalue weighted by Gasteiger charge is -2.25. The van der Waals surface area contributed by atoms with E-state index in [9.17, 15) is 9.59 Å². The Kier molecular flexibility index (Phi) is 8.25. The summed E-state index contributed by atoms with van der Waals surface area (Å²) in [6.07, 6.45) is -0.139. The number of hydrogen-bond acceptors (Lipinski definition) is 4. The van der Waals surface area contributed by atoms with Gasteiger partial charge in [-0.05, 0) is 32.3 Å². The summed E-state index contributed by atoms with van der Waals surface area (Å²) in [4.78, 5) is 23.8. The molecule has 0 spiro atoms. The largest absolute Gasteiger partial charge is 0.445 e. The average Bonchev–Trinajstić information content (AvgIpc) is 2.55. The second-order valence-electron chi connectivity index (χ2n) is 7.08. The molecule has 2 N–H and O–H groups in total. The van der Waals surface area contributed by atoms with E-state index in [2.05, 4.69) is 10.6 Å². The van der Waals surface area contributed by atoms with E-state index in [1.54, 1.807) is 20.8 Å². The molecule has 0 aromatic heterocycles. The lowest BCUT2D eigenvalue weighted by atomic mass is 9.99. The quantitative estimate of drug-likeness (QED) is 0.783. The van der Waals surface area contributed by atoms with Crippen molar-refractivity contribution < 1.29 is 19.1 Å². The Morgan fingerprint density at radius 3 is 2.32 bits per heavy atom. The lowest BCUT2D eigenvalue weighted by Crippen LogP contribution is -2.48. The summed E-state index contributed by atoms with van der Waals surface area (Å²) in [5.74, 6) is 0.180. The Morgan fingerprint density at radius 1 is 1.12 bits per heavy atom. The zero-order valence-electron chi connectivity index (χ0n) is 15.8. The zero-order valence-corrected chi connectivity index (χ0v) is 15.8. The van der Waals surface area contributed by atoms with E-state index in [-0.39, 0.29) is 25.1 Å². The molecule has 0 aliphatic rings. The van der Waals surface area contributed by atoms with E-state index in [0.29, 0.717) is 0 Å². The fourth-order valence-corrected chi connectivity index (χ4v) is 2.10. The van der Waals surface area contributed by atoms with Gasteiger partial charge in [-0.1, -0.05) is 50.6 Å². The summed E-state index contributed by atoms with van der Waals surface area (Å²) in [5, 5.41) is 5.53. The first-order valence-electron chi connectivity index (χ1n) is 8.65. The fourth-order valence-electron chi connectivity index (χ4n) is 2.10. The van der Waals surface area contributed by atoms with Crippen molar-refractivity contribution in [2.75, 3.05) is 6.54 Å². The van der Waals surface area contributed by atoms with Crippen LogP contribution in [0, 0.1) is 5.92 Å². The molecular formula is C19H30N2O4. The molecule has 0 bridgehead atoms. The standard InChI is InChI=1S/C19H30N2O4/c1-6-14(2)16(12-20-17(22)25-19(3,4)5)21-18(23)24-13-15-10-8-7-9-11-15/h7-11,14,16H,6,12-13H2,1-5H3,(H,20,22)(H,21,23). The summed E-state index contributed by atoms with van der Waals surface area (Å²) in [7, 11) is 0. The Labute approximate surface area is 150 Å². The van der Waals surface area contributed by atoms with Crippen LogP contribution in [0.2, 0.25) is 0 Å². The molecule has 6 heteroatoms. The molecule has 6 nitrogen and oxygen atoms in total. The maximum Gasteiger partial charge on any atom is 0.407 e. The van der Waals surface area contributed by atoms with Gasteiger partial charge < -0.3 is 20.1 Å². The van der Waals surface area contributed by atoms with Crippen LogP contribution in [-0.4, -0.2) is 30.4 Å². The summed E-state index contributed by atoms with van der Waals surface area (Å²) in [5.41, 5.74) is 0.363. The van der Waals surface area contributed by atoms with Gasteiger partial charge in [0.15, 0.2) is 0 Å². The highest BCUT2D eigenvalue weighted by molar-refractivity contribution is 5.69. The molecule has 0 heterocycles. The normalized spacial score (nSPS) is 13.5. The third-order valence-corrected chi connectivity index (χ3v) is 3.71. The number of rotatable bonds is 7. The number of amides is 2. The molecule has 2 amide bonds. The van der Waals surface area contributed by atoms with Gasteiger partial charge in [0.05, 0.1) is 6.04 Å². The van der Waals surface area contributed by atoms with Crippen molar-refractivity contribution in [3.8, 4) is 0 Å². The number of carbonyl (C=O) groups excluding carboxylic acids is 2. The SMILES string of the molecule is CCC(C)C(CNC(=O)OC(C)(C)C)NC(=O)OCc1ccccc1. The predicted molar refractivity (Wildman–Crippen MR) is 97.2 cm³/mol. The number of alkyl carbamates (subject to hydrolysis) is 2. The van der Waals surface area contributed by atoms with Crippen molar-refractivity contribution in [1.29, 1.82) is 0 Å². The Hall–Kier alpha value is -2.24. The molecule has 25 heavy (non-hydrogen) atoms. The second-order valence-corrected chi connectivity index (χ2v) is 7.08. The highest BCUT2D eigenvalue weighted by Crippen LogP contribution is 2.10. The molecule has 0 aliphatic heterocycles. The Balaban J connectivity index is 2.49. The molecule has 1 aromatic carbocycles. The van der Waals surface area contributed by atoms with E-state index in [1.165, 1.54) is 0 Å². The first-order chi connectivity index (χ1) is 11.7. The van der Waals surface area contributed by atoms with Crippen molar-refractivity contribution in [3.63, 3.8) is 0 Å². The third kappa shape index (κ3) is 8.98. The van der Waals surface area contributed by atoms with Crippen LogP contribution >= 0.6 is 0 Å². The van der Waals surface area contributed by atoms with Gasteiger partial charge in [-0.25, -0.2) is 9.59 Å². The van der Waals surface area contributed by atoms with Crippen LogP contribution in [0.5, 0.6) is 0 Å². The lowest BCUT2D eigenvalue weighted by molar-refractivity contribution is 0.0516. The molecule has 0 saturated carbocycles. The average molecular weight is 350 g/mol. The van der Waals surface area contributed by atoms with Crippen LogP contribution in [0.3, 0.4) is 0 Å². The minimum absolute atomic E-state index is 0.180. The fraction of sp³-hybridized carbons (Fsp3) is 0.579. The monoisotopic (exact) mass is 350 g/mol. The molecule has 0 saturated heterocycles. The number of carbonyl (C=O) groups is 2. The Bertz CT molecular complexity index is 540. The maximum absolute atomic E-state index is 12.0. The van der Waals surface area contributed by atoms with E-state index in [0.717, 1.165) is 12.0 Å². The van der Waals surface area contributed by atoms with Crippen LogP contribution in [0.4, 0.5) is 9.59 Å². The highest BCUT2D eigenvalue weighted by Gasteiger charge is 2.22. The van der Waals surface area contributed by atoms with Crippen LogP contribution < -0.4 is 10.6 Å². The summed E-state index contributed by atoms with van der Waals surface area (Å²) in [6.45, 7) is 9.94. The first kappa shape index (κ1) is 20.8. The van der Waals surface area contributed by atoms with Crippen LogP contribution in [0.25, 0.3) is 0 Å². The van der Waals surface area contributed by atoms with Gasteiger partial charge >= 0.3 is 12.2 Å². The summed E-state index contributed by atoms with van der Waals surface area (Å²) in [6, 6.07) is 9.24. The molecule has 0 fully saturated rings. The van der Waals surface area contributed by atoms with Gasteiger partial charge in [-0.3, -0.25) is 0 Å². The molecule has 1 rings (SSSR count). The molecule has 0 radical (unpaired) electrons. The smallest absolute Gasteiger partial charge is 0.407 e. The topological polar surface area (TPSA) is 76.7 Å². The van der Waals surface area contributed by atoms with Crippen LogP contribution in [-0.2, 0) is 16.1 Å². The van der Waals surface area contributed by atoms with E-state index in [4.69, 9.17) is 9.47 Å². The van der Waals surface area contributed by atoms with Crippen molar-refractivity contribution in [3.05, 3.63) is 35.9 Å². The van der Waals surface area contributed by atoms with Gasteiger partial charge in [0.1, 0.15) is 12.2 Å². The molecular weight excluding hydrogens is 320 g/mol. The number of nitrogens with one attached hydrogen (secondary N) is 2. The number of ether oxygens (including phenoxy) is 2. The van der Waals surface area contributed by atoms with Crippen molar-refractivity contribution in [2.45, 2.75) is 59.3 Å². The van der Waals surface area contributed by atoms with E-state index < -0.39 is 17.8 Å². The number of benzene rings is 1. The first-order valence-corrected chi connectivity index (χ1v) is 8.65.